The van der Waals surface area contributed by atoms with Crippen LogP contribution >= 0.6 is 8.25 Å². The van der Waals surface area contributed by atoms with Gasteiger partial charge in [0.05, 0.1) is 7.11 Å². The van der Waals surface area contributed by atoms with Crippen molar-refractivity contribution in [2.45, 2.75) is 0 Å². The van der Waals surface area contributed by atoms with Gasteiger partial charge in [0, 0.05) is 22.5 Å². The van der Waals surface area contributed by atoms with E-state index in [1.54, 1.807) is 43.8 Å². The average molecular weight is 290 g/mol. The molecule has 1 heterocycles. The van der Waals surface area contributed by atoms with Gasteiger partial charge in [0.1, 0.15) is 5.75 Å². The fourth-order valence-corrected chi connectivity index (χ4v) is 1.96. The molecule has 2 rings (SSSR count). The Hall–Kier alpha value is -2.23. The van der Waals surface area contributed by atoms with Gasteiger partial charge < -0.3 is 4.74 Å². The third-order valence-corrected chi connectivity index (χ3v) is 2.87. The molecule has 6 heteroatoms. The molecule has 20 heavy (non-hydrogen) atoms. The first-order valence-electron chi connectivity index (χ1n) is 5.79. The molecule has 0 aliphatic rings. The normalized spacial score (nSPS) is 11.9. The van der Waals surface area contributed by atoms with Gasteiger partial charge >= 0.3 is 8.25 Å². The number of ether oxygens (including phenoxy) is 1. The van der Waals surface area contributed by atoms with Crippen LogP contribution < -0.4 is 4.74 Å². The predicted octanol–water partition coefficient (Wildman–Crippen LogP) is 3.25. The molecule has 0 aliphatic heterocycles. The van der Waals surface area contributed by atoms with Crippen LogP contribution in [-0.4, -0.2) is 17.0 Å². The maximum Gasteiger partial charge on any atom is 0.747 e. The molecule has 0 aliphatic carbocycles. The third kappa shape index (κ3) is 3.88. The van der Waals surface area contributed by atoms with E-state index in [1.165, 1.54) is 0 Å². The number of methoxy groups -OCH3 is 1. The zero-order valence-corrected chi connectivity index (χ0v) is 11.7. The second kappa shape index (κ2) is 6.80. The molecule has 0 saturated carbocycles. The summed E-state index contributed by atoms with van der Waals surface area (Å²) >= 11 is 0. The molecular weight excluding hydrogens is 277 g/mol. The average Bonchev–Trinajstić information content (AvgIpc) is 2.47. The molecule has 102 valence electrons. The van der Waals surface area contributed by atoms with Gasteiger partial charge in [-0.3, -0.25) is 4.98 Å². The highest BCUT2D eigenvalue weighted by Crippen LogP contribution is 2.29. The molecule has 0 fully saturated rings. The van der Waals surface area contributed by atoms with Gasteiger partial charge in [0.15, 0.2) is 5.76 Å². The predicted molar refractivity (Wildman–Crippen MR) is 76.0 cm³/mol. The number of rotatable bonds is 5. The molecule has 1 aromatic heterocycles. The van der Waals surface area contributed by atoms with E-state index < -0.39 is 8.25 Å². The molecule has 1 unspecified atom stereocenters. The van der Waals surface area contributed by atoms with Crippen LogP contribution in [0.1, 0.15) is 11.1 Å². The lowest BCUT2D eigenvalue weighted by molar-refractivity contribution is 0.394. The van der Waals surface area contributed by atoms with Gasteiger partial charge in [-0.15, -0.1) is 4.89 Å². The maximum absolute atomic E-state index is 10.9. The second-order valence-corrected chi connectivity index (χ2v) is 4.51. The molecule has 5 nitrogen and oxygen atoms in total. The van der Waals surface area contributed by atoms with Gasteiger partial charge in [0.2, 0.25) is 0 Å². The van der Waals surface area contributed by atoms with Gasteiger partial charge in [-0.25, -0.2) is 4.52 Å². The molecule has 2 aromatic rings. The molecule has 0 bridgehead atoms. The Morgan fingerprint density at radius 1 is 1.35 bits per heavy atom. The Labute approximate surface area is 117 Å². The minimum atomic E-state index is -2.75. The molecule has 1 aromatic carbocycles. The lowest BCUT2D eigenvalue weighted by Crippen LogP contribution is -1.88. The summed E-state index contributed by atoms with van der Waals surface area (Å²) in [6, 6.07) is 10.7. The van der Waals surface area contributed by atoms with Crippen LogP contribution in [-0.2, 0) is 9.09 Å². The summed E-state index contributed by atoms with van der Waals surface area (Å²) in [5.41, 5.74) is 1.41. The fourth-order valence-electron chi connectivity index (χ4n) is 1.64. The molecule has 0 amide bonds. The highest BCUT2D eigenvalue weighted by molar-refractivity contribution is 7.32. The van der Waals surface area contributed by atoms with Gasteiger partial charge in [-0.2, -0.15) is 0 Å². The van der Waals surface area contributed by atoms with Crippen LogP contribution in [0, 0.1) is 0 Å². The van der Waals surface area contributed by atoms with E-state index >= 15 is 0 Å². The Morgan fingerprint density at radius 2 is 2.20 bits per heavy atom. The van der Waals surface area contributed by atoms with Crippen molar-refractivity contribution in [3.63, 3.8) is 0 Å². The molecule has 1 N–H and O–H groups in total. The quantitative estimate of drug-likeness (QED) is 0.676. The lowest BCUT2D eigenvalue weighted by atomic mass is 10.1. The number of nitrogens with zero attached hydrogens (tertiary/aromatic N) is 1. The first-order valence-corrected chi connectivity index (χ1v) is 6.92. The van der Waals surface area contributed by atoms with Crippen LogP contribution in [0.5, 0.6) is 5.75 Å². The van der Waals surface area contributed by atoms with Gasteiger partial charge in [0.25, 0.3) is 0 Å². The molecular formula is C14H13NO4P+. The summed E-state index contributed by atoms with van der Waals surface area (Å²) in [7, 11) is -1.17. The topological polar surface area (TPSA) is 68.7 Å². The minimum Gasteiger partial charge on any atom is -0.497 e. The van der Waals surface area contributed by atoms with Crippen molar-refractivity contribution in [1.82, 2.24) is 4.98 Å². The summed E-state index contributed by atoms with van der Waals surface area (Å²) in [5, 5.41) is 0. The summed E-state index contributed by atoms with van der Waals surface area (Å²) in [4.78, 5) is 12.9. The van der Waals surface area contributed by atoms with Crippen LogP contribution in [0.25, 0.3) is 11.8 Å². The van der Waals surface area contributed by atoms with E-state index in [9.17, 15) is 4.57 Å². The van der Waals surface area contributed by atoms with Crippen LogP contribution in [0.4, 0.5) is 0 Å². The first kappa shape index (κ1) is 14.2. The molecule has 0 radical (unpaired) electrons. The van der Waals surface area contributed by atoms with Crippen molar-refractivity contribution in [2.75, 3.05) is 7.11 Å². The van der Waals surface area contributed by atoms with E-state index in [0.29, 0.717) is 11.3 Å². The van der Waals surface area contributed by atoms with E-state index in [4.69, 9.17) is 14.2 Å². The monoisotopic (exact) mass is 290 g/mol. The van der Waals surface area contributed by atoms with Crippen molar-refractivity contribution < 1.29 is 18.7 Å². The molecule has 0 spiro atoms. The largest absolute Gasteiger partial charge is 0.747 e. The highest BCUT2D eigenvalue weighted by atomic mass is 31.1. The van der Waals surface area contributed by atoms with Gasteiger partial charge in [-0.05, 0) is 35.9 Å². The number of hydrogen-bond acceptors (Lipinski definition) is 4. The van der Waals surface area contributed by atoms with E-state index in [-0.39, 0.29) is 5.76 Å². The standard InChI is InChI=1S/C14H12NO4P/c1-18-13-6-2-4-11(8-13)9-14(19-20(16)17)12-5-3-7-15-10-12/h2-10H,1H3/p+1/b14-9+. The SMILES string of the molecule is COc1cccc(/C=C(/O[P+](=O)O)c2cccnc2)c1. The Kier molecular flexibility index (Phi) is 4.82. The van der Waals surface area contributed by atoms with Crippen molar-refractivity contribution in [2.24, 2.45) is 0 Å². The maximum atomic E-state index is 10.9. The molecule has 0 saturated heterocycles. The number of pyridine rings is 1. The fraction of sp³-hybridized carbons (Fsp3) is 0.0714. The summed E-state index contributed by atoms with van der Waals surface area (Å²) in [6.07, 6.45) is 4.83. The zero-order valence-electron chi connectivity index (χ0n) is 10.8. The summed E-state index contributed by atoms with van der Waals surface area (Å²) < 4.78 is 21.0. The number of benzene rings is 1. The summed E-state index contributed by atoms with van der Waals surface area (Å²) in [6.45, 7) is 0. The Bertz CT molecular complexity index is 628. The summed E-state index contributed by atoms with van der Waals surface area (Å²) in [5.74, 6) is 0.965. The van der Waals surface area contributed by atoms with Crippen LogP contribution in [0.15, 0.2) is 48.8 Å². The first-order chi connectivity index (χ1) is 9.69. The van der Waals surface area contributed by atoms with Crippen molar-refractivity contribution in [1.29, 1.82) is 0 Å². The van der Waals surface area contributed by atoms with Crippen LogP contribution in [0.3, 0.4) is 0 Å². The molecule has 1 atom stereocenters. The van der Waals surface area contributed by atoms with E-state index in [0.717, 1.165) is 5.56 Å². The third-order valence-electron chi connectivity index (χ3n) is 2.51. The Balaban J connectivity index is 2.39. The van der Waals surface area contributed by atoms with Crippen molar-refractivity contribution in [3.8, 4) is 5.75 Å². The van der Waals surface area contributed by atoms with Crippen molar-refractivity contribution >= 4 is 20.1 Å². The smallest absolute Gasteiger partial charge is 0.497 e. The number of aromatic nitrogens is 1. The van der Waals surface area contributed by atoms with Gasteiger partial charge in [-0.1, -0.05) is 12.1 Å². The lowest BCUT2D eigenvalue weighted by Gasteiger charge is -2.02. The second-order valence-electron chi connectivity index (χ2n) is 3.86. The number of hydrogen-bond donors (Lipinski definition) is 1. The zero-order chi connectivity index (χ0) is 14.4. The van der Waals surface area contributed by atoms with Crippen molar-refractivity contribution in [3.05, 3.63) is 59.9 Å². The van der Waals surface area contributed by atoms with Crippen LogP contribution in [0.2, 0.25) is 0 Å². The van der Waals surface area contributed by atoms with E-state index in [2.05, 4.69) is 4.98 Å². The Morgan fingerprint density at radius 3 is 2.85 bits per heavy atom. The minimum absolute atomic E-state index is 0.273. The highest BCUT2D eigenvalue weighted by Gasteiger charge is 2.18. The van der Waals surface area contributed by atoms with E-state index in [1.807, 2.05) is 18.2 Å².